The second kappa shape index (κ2) is 40.7. The van der Waals surface area contributed by atoms with Crippen LogP contribution in [0.5, 0.6) is 0 Å². The average molecular weight is 917 g/mol. The molecule has 0 amide bonds. The van der Waals surface area contributed by atoms with Crippen molar-refractivity contribution in [2.45, 2.75) is 135 Å². The third-order valence-electron chi connectivity index (χ3n) is 8.22. The molecule has 0 rings (SSSR count). The Balaban J connectivity index is 3.99. The standard InChI is InChI=1S/C45H74O15P2/c1-3-5-7-9-11-13-15-17-19-21-23-25-27-29-31-33-44(49)55-35-41(46)37-57-61(51,52)59-39-43(48)40-60-62(53,54)58-38-42(47)36-56-45(50)34-32-30-28-26-24-22-20-18-16-14-12-10-8-6-4-2/h5-20,41-43,46-48H,3-4,21-40H2,1-2H3,(H,51,52)(H,53,54)/b7-5+,8-6+,11-9+,12-10+,15-13+,16-14+,19-17-,20-18-. The highest BCUT2D eigenvalue weighted by atomic mass is 31.2. The first-order valence-electron chi connectivity index (χ1n) is 21.7. The summed E-state index contributed by atoms with van der Waals surface area (Å²) in [5.74, 6) is -1.05. The Kier molecular flexibility index (Phi) is 38.7. The van der Waals surface area contributed by atoms with E-state index < -0.39 is 85.5 Å². The first kappa shape index (κ1) is 59.0. The molecule has 4 atom stereocenters. The van der Waals surface area contributed by atoms with Gasteiger partial charge in [-0.15, -0.1) is 0 Å². The molecule has 0 aliphatic rings. The number of allylic oxidation sites excluding steroid dienone is 16. The summed E-state index contributed by atoms with van der Waals surface area (Å²) in [5.41, 5.74) is 0. The van der Waals surface area contributed by atoms with Gasteiger partial charge in [-0.3, -0.25) is 27.7 Å². The van der Waals surface area contributed by atoms with Gasteiger partial charge in [0.2, 0.25) is 0 Å². The van der Waals surface area contributed by atoms with Crippen molar-refractivity contribution in [2.75, 3.05) is 39.6 Å². The SMILES string of the molecule is CC/C=C/C=C/C=C/C=C\CCCCCCCC(=O)OCC(O)COP(=O)(O)OCC(O)COP(=O)(O)OCC(O)COC(=O)CCCCCCC\C=C/C=C/C=C/C=C/CC. The fourth-order valence-corrected chi connectivity index (χ4v) is 6.47. The number of ether oxygens (including phenoxy) is 2. The normalized spacial score (nSPS) is 16.2. The zero-order valence-corrected chi connectivity index (χ0v) is 38.5. The summed E-state index contributed by atoms with van der Waals surface area (Å²) in [4.78, 5) is 43.6. The van der Waals surface area contributed by atoms with Crippen LogP contribution in [0.2, 0.25) is 0 Å². The smallest absolute Gasteiger partial charge is 0.463 e. The van der Waals surface area contributed by atoms with E-state index in [9.17, 15) is 43.8 Å². The lowest BCUT2D eigenvalue weighted by Crippen LogP contribution is -2.25. The summed E-state index contributed by atoms with van der Waals surface area (Å²) < 4.78 is 52.8. The van der Waals surface area contributed by atoms with Crippen molar-refractivity contribution >= 4 is 27.6 Å². The summed E-state index contributed by atoms with van der Waals surface area (Å²) in [7, 11) is -9.59. The molecule has 0 aliphatic heterocycles. The average Bonchev–Trinajstić information content (AvgIpc) is 3.24. The zero-order valence-electron chi connectivity index (χ0n) is 36.7. The van der Waals surface area contributed by atoms with Gasteiger partial charge in [0.15, 0.2) is 0 Å². The summed E-state index contributed by atoms with van der Waals surface area (Å²) >= 11 is 0. The van der Waals surface area contributed by atoms with Crippen LogP contribution in [0.25, 0.3) is 0 Å². The van der Waals surface area contributed by atoms with Crippen molar-refractivity contribution in [2.24, 2.45) is 0 Å². The lowest BCUT2D eigenvalue weighted by molar-refractivity contribution is -0.148. The lowest BCUT2D eigenvalue weighted by Gasteiger charge is -2.19. The van der Waals surface area contributed by atoms with E-state index in [4.69, 9.17) is 9.47 Å². The highest BCUT2D eigenvalue weighted by molar-refractivity contribution is 7.47. The molecule has 0 spiro atoms. The largest absolute Gasteiger partial charge is 0.472 e. The van der Waals surface area contributed by atoms with E-state index in [2.05, 4.69) is 56.2 Å². The first-order chi connectivity index (χ1) is 29.8. The lowest BCUT2D eigenvalue weighted by atomic mass is 10.1. The molecule has 0 saturated heterocycles. The van der Waals surface area contributed by atoms with E-state index in [0.29, 0.717) is 12.8 Å². The summed E-state index contributed by atoms with van der Waals surface area (Å²) in [6.45, 7) is 0.0353. The topological polar surface area (TPSA) is 225 Å². The maximum atomic E-state index is 12.1. The highest BCUT2D eigenvalue weighted by Gasteiger charge is 2.28. The van der Waals surface area contributed by atoms with Gasteiger partial charge in [-0.2, -0.15) is 0 Å². The minimum Gasteiger partial charge on any atom is -0.463 e. The number of hydrogen-bond donors (Lipinski definition) is 5. The summed E-state index contributed by atoms with van der Waals surface area (Å²) in [5, 5.41) is 29.9. The molecule has 0 heterocycles. The minimum absolute atomic E-state index is 0.165. The van der Waals surface area contributed by atoms with Crippen molar-refractivity contribution in [1.82, 2.24) is 0 Å². The molecule has 15 nitrogen and oxygen atoms in total. The van der Waals surface area contributed by atoms with Gasteiger partial charge in [-0.1, -0.05) is 150 Å². The van der Waals surface area contributed by atoms with E-state index in [0.717, 1.165) is 77.0 Å². The van der Waals surface area contributed by atoms with Crippen LogP contribution >= 0.6 is 15.6 Å². The zero-order chi connectivity index (χ0) is 46.0. The van der Waals surface area contributed by atoms with Crippen molar-refractivity contribution in [3.63, 3.8) is 0 Å². The van der Waals surface area contributed by atoms with Crippen molar-refractivity contribution in [3.8, 4) is 0 Å². The number of aliphatic hydroxyl groups excluding tert-OH is 3. The Bertz CT molecular complexity index is 1380. The Hall–Kier alpha value is -3.04. The Morgan fingerprint density at radius 3 is 1.03 bits per heavy atom. The molecular formula is C45H74O15P2. The first-order valence-corrected chi connectivity index (χ1v) is 24.7. The van der Waals surface area contributed by atoms with Crippen LogP contribution in [0.15, 0.2) is 97.2 Å². The number of aliphatic hydroxyl groups is 3. The molecule has 0 bridgehead atoms. The van der Waals surface area contributed by atoms with Crippen LogP contribution in [0.1, 0.15) is 117 Å². The molecule has 4 unspecified atom stereocenters. The van der Waals surface area contributed by atoms with E-state index in [1.165, 1.54) is 0 Å². The van der Waals surface area contributed by atoms with Crippen molar-refractivity contribution in [3.05, 3.63) is 97.2 Å². The molecule has 17 heteroatoms. The fraction of sp³-hybridized carbons (Fsp3) is 0.600. The number of rotatable bonds is 40. The number of phosphoric acid groups is 2. The van der Waals surface area contributed by atoms with Gasteiger partial charge >= 0.3 is 27.6 Å². The molecular weight excluding hydrogens is 842 g/mol. The number of esters is 2. The molecule has 0 radical (unpaired) electrons. The van der Waals surface area contributed by atoms with E-state index >= 15 is 0 Å². The molecule has 5 N–H and O–H groups in total. The molecule has 62 heavy (non-hydrogen) atoms. The number of carbonyl (C=O) groups is 2. The predicted octanol–water partition coefficient (Wildman–Crippen LogP) is 9.15. The van der Waals surface area contributed by atoms with Crippen LogP contribution in [0.4, 0.5) is 0 Å². The molecule has 0 aromatic rings. The Labute approximate surface area is 369 Å². The second-order valence-electron chi connectivity index (χ2n) is 14.1. The van der Waals surface area contributed by atoms with Crippen molar-refractivity contribution < 1.29 is 71.4 Å². The molecule has 0 fully saturated rings. The van der Waals surface area contributed by atoms with E-state index in [-0.39, 0.29) is 12.8 Å². The van der Waals surface area contributed by atoms with Crippen LogP contribution < -0.4 is 0 Å². The fourth-order valence-electron chi connectivity index (χ4n) is 4.88. The third kappa shape index (κ3) is 42.3. The van der Waals surface area contributed by atoms with Gasteiger partial charge in [0, 0.05) is 12.8 Å². The molecule has 354 valence electrons. The van der Waals surface area contributed by atoms with Gasteiger partial charge in [0.1, 0.15) is 31.5 Å². The summed E-state index contributed by atoms with van der Waals surface area (Å²) in [6, 6.07) is 0. The van der Waals surface area contributed by atoms with Crippen LogP contribution in [-0.4, -0.2) is 95.0 Å². The molecule has 0 aromatic heterocycles. The van der Waals surface area contributed by atoms with Crippen LogP contribution in [0, 0.1) is 0 Å². The van der Waals surface area contributed by atoms with E-state index in [1.54, 1.807) is 0 Å². The Morgan fingerprint density at radius 1 is 0.419 bits per heavy atom. The highest BCUT2D eigenvalue weighted by Crippen LogP contribution is 2.45. The van der Waals surface area contributed by atoms with Gasteiger partial charge < -0.3 is 34.6 Å². The maximum absolute atomic E-state index is 12.1. The van der Waals surface area contributed by atoms with Gasteiger partial charge in [0.25, 0.3) is 0 Å². The number of carbonyl (C=O) groups excluding carboxylic acids is 2. The quantitative estimate of drug-likeness (QED) is 0.0167. The molecule has 0 saturated carbocycles. The molecule has 0 aliphatic carbocycles. The van der Waals surface area contributed by atoms with E-state index in [1.807, 2.05) is 72.9 Å². The number of phosphoric ester groups is 2. The third-order valence-corrected chi connectivity index (χ3v) is 10.1. The minimum atomic E-state index is -4.80. The van der Waals surface area contributed by atoms with Gasteiger partial charge in [-0.05, 0) is 51.4 Å². The monoisotopic (exact) mass is 916 g/mol. The van der Waals surface area contributed by atoms with Crippen LogP contribution in [-0.2, 0) is 46.3 Å². The number of hydrogen-bond acceptors (Lipinski definition) is 13. The molecule has 0 aromatic carbocycles. The maximum Gasteiger partial charge on any atom is 0.472 e. The van der Waals surface area contributed by atoms with Gasteiger partial charge in [-0.25, -0.2) is 9.13 Å². The van der Waals surface area contributed by atoms with Crippen LogP contribution in [0.3, 0.4) is 0 Å². The summed E-state index contributed by atoms with van der Waals surface area (Å²) in [6.07, 6.45) is 41.1. The van der Waals surface area contributed by atoms with Crippen molar-refractivity contribution in [1.29, 1.82) is 0 Å². The Morgan fingerprint density at radius 2 is 0.694 bits per heavy atom. The number of unbranched alkanes of at least 4 members (excludes halogenated alkanes) is 10. The van der Waals surface area contributed by atoms with Gasteiger partial charge in [0.05, 0.1) is 26.4 Å². The second-order valence-corrected chi connectivity index (χ2v) is 17.0. The predicted molar refractivity (Wildman–Crippen MR) is 242 cm³/mol.